The molecule has 3 aromatic rings. The lowest BCUT2D eigenvalue weighted by molar-refractivity contribution is -0.117. The number of carbonyl (C=O) groups is 1. The Hall–Kier alpha value is -3.55. The molecule has 1 aliphatic rings. The van der Waals surface area contributed by atoms with Crippen LogP contribution in [0.4, 0.5) is 5.69 Å². The van der Waals surface area contributed by atoms with Gasteiger partial charge in [-0.3, -0.25) is 4.79 Å². The standard InChI is InChI=1S/C22H23N3O5/c1-4-29-17-8-6-16(7-9-17)25-13-15(12-20(25)26)22-23-21(24-30-22)14-5-10-18(27-2)19(11-14)28-3/h5-11,15H,4,12-13H2,1-3H3. The highest BCUT2D eigenvalue weighted by Crippen LogP contribution is 2.34. The largest absolute Gasteiger partial charge is 0.494 e. The van der Waals surface area contributed by atoms with Gasteiger partial charge in [-0.2, -0.15) is 4.98 Å². The molecule has 1 aliphatic heterocycles. The van der Waals surface area contributed by atoms with E-state index in [0.717, 1.165) is 17.0 Å². The van der Waals surface area contributed by atoms with Crippen molar-refractivity contribution in [3.63, 3.8) is 0 Å². The first kappa shape index (κ1) is 19.8. The number of hydrogen-bond donors (Lipinski definition) is 0. The van der Waals surface area contributed by atoms with Gasteiger partial charge in [0.05, 0.1) is 26.7 Å². The van der Waals surface area contributed by atoms with Crippen LogP contribution in [0.25, 0.3) is 11.4 Å². The summed E-state index contributed by atoms with van der Waals surface area (Å²) in [7, 11) is 3.15. The van der Waals surface area contributed by atoms with Crippen LogP contribution in [0.1, 0.15) is 25.2 Å². The molecule has 0 bridgehead atoms. The molecule has 1 aromatic heterocycles. The highest BCUT2D eigenvalue weighted by molar-refractivity contribution is 5.96. The van der Waals surface area contributed by atoms with Gasteiger partial charge in [-0.15, -0.1) is 0 Å². The summed E-state index contributed by atoms with van der Waals surface area (Å²) in [6, 6.07) is 12.9. The first-order valence-corrected chi connectivity index (χ1v) is 9.72. The lowest BCUT2D eigenvalue weighted by atomic mass is 10.1. The summed E-state index contributed by atoms with van der Waals surface area (Å²) in [6.07, 6.45) is 0.320. The molecule has 2 aromatic carbocycles. The molecule has 1 fully saturated rings. The van der Waals surface area contributed by atoms with Gasteiger partial charge in [0.2, 0.25) is 17.6 Å². The van der Waals surface area contributed by atoms with Gasteiger partial charge in [-0.25, -0.2) is 0 Å². The quantitative estimate of drug-likeness (QED) is 0.588. The fourth-order valence-corrected chi connectivity index (χ4v) is 3.51. The molecule has 8 heteroatoms. The van der Waals surface area contributed by atoms with E-state index >= 15 is 0 Å². The fraction of sp³-hybridized carbons (Fsp3) is 0.318. The minimum absolute atomic E-state index is 0.0232. The third-order valence-corrected chi connectivity index (χ3v) is 5.02. The van der Waals surface area contributed by atoms with E-state index in [9.17, 15) is 4.79 Å². The molecule has 30 heavy (non-hydrogen) atoms. The molecule has 0 radical (unpaired) electrons. The molecule has 156 valence electrons. The molecule has 0 saturated carbocycles. The van der Waals surface area contributed by atoms with Crippen molar-refractivity contribution >= 4 is 11.6 Å². The zero-order chi connectivity index (χ0) is 21.1. The lowest BCUT2D eigenvalue weighted by Gasteiger charge is -2.16. The normalized spacial score (nSPS) is 16.0. The number of ether oxygens (including phenoxy) is 3. The average molecular weight is 409 g/mol. The van der Waals surface area contributed by atoms with E-state index < -0.39 is 0 Å². The Morgan fingerprint density at radius 3 is 2.57 bits per heavy atom. The van der Waals surface area contributed by atoms with Crippen LogP contribution in [0, 0.1) is 0 Å². The van der Waals surface area contributed by atoms with Crippen LogP contribution in [-0.2, 0) is 4.79 Å². The molecule has 0 aliphatic carbocycles. The third kappa shape index (κ3) is 3.80. The maximum Gasteiger partial charge on any atom is 0.232 e. The number of hydrogen-bond acceptors (Lipinski definition) is 7. The predicted molar refractivity (Wildman–Crippen MR) is 110 cm³/mol. The first-order valence-electron chi connectivity index (χ1n) is 9.72. The van der Waals surface area contributed by atoms with Crippen LogP contribution in [0.15, 0.2) is 47.0 Å². The molecule has 1 saturated heterocycles. The van der Waals surface area contributed by atoms with Crippen molar-refractivity contribution < 1.29 is 23.5 Å². The van der Waals surface area contributed by atoms with Crippen LogP contribution in [-0.4, -0.2) is 43.4 Å². The van der Waals surface area contributed by atoms with Crippen LogP contribution in [0.3, 0.4) is 0 Å². The van der Waals surface area contributed by atoms with Gasteiger partial charge in [0.15, 0.2) is 11.5 Å². The van der Waals surface area contributed by atoms with Gasteiger partial charge in [0.25, 0.3) is 0 Å². The number of rotatable bonds is 7. The average Bonchev–Trinajstić information content (AvgIpc) is 3.41. The van der Waals surface area contributed by atoms with E-state index in [-0.39, 0.29) is 11.8 Å². The molecule has 4 rings (SSSR count). The predicted octanol–water partition coefficient (Wildman–Crippen LogP) is 3.67. The smallest absolute Gasteiger partial charge is 0.232 e. The fourth-order valence-electron chi connectivity index (χ4n) is 3.51. The second-order valence-corrected chi connectivity index (χ2v) is 6.86. The summed E-state index contributed by atoms with van der Waals surface area (Å²) >= 11 is 0. The molecule has 1 unspecified atom stereocenters. The van der Waals surface area contributed by atoms with Crippen LogP contribution in [0.2, 0.25) is 0 Å². The van der Waals surface area contributed by atoms with Crippen molar-refractivity contribution in [3.8, 4) is 28.6 Å². The Morgan fingerprint density at radius 1 is 1.10 bits per heavy atom. The number of benzene rings is 2. The summed E-state index contributed by atoms with van der Waals surface area (Å²) in [4.78, 5) is 18.8. The van der Waals surface area contributed by atoms with Crippen molar-refractivity contribution in [2.45, 2.75) is 19.3 Å². The minimum atomic E-state index is -0.162. The van der Waals surface area contributed by atoms with Gasteiger partial charge in [0, 0.05) is 24.2 Å². The SMILES string of the molecule is CCOc1ccc(N2CC(c3nc(-c4ccc(OC)c(OC)c4)no3)CC2=O)cc1. The third-order valence-electron chi connectivity index (χ3n) is 5.02. The maximum absolute atomic E-state index is 12.6. The number of methoxy groups -OCH3 is 2. The van der Waals surface area contributed by atoms with E-state index in [0.29, 0.717) is 42.8 Å². The summed E-state index contributed by atoms with van der Waals surface area (Å²) in [6.45, 7) is 3.02. The van der Waals surface area contributed by atoms with Crippen molar-refractivity contribution in [3.05, 3.63) is 48.4 Å². The Balaban J connectivity index is 1.51. The van der Waals surface area contributed by atoms with Gasteiger partial charge in [-0.1, -0.05) is 5.16 Å². The topological polar surface area (TPSA) is 86.9 Å². The Morgan fingerprint density at radius 2 is 1.87 bits per heavy atom. The molecule has 0 N–H and O–H groups in total. The zero-order valence-corrected chi connectivity index (χ0v) is 17.1. The number of anilines is 1. The van der Waals surface area contributed by atoms with Crippen LogP contribution < -0.4 is 19.1 Å². The minimum Gasteiger partial charge on any atom is -0.494 e. The number of aromatic nitrogens is 2. The first-order chi connectivity index (χ1) is 14.6. The number of amides is 1. The second kappa shape index (κ2) is 8.44. The molecular formula is C22H23N3O5. The van der Waals surface area contributed by atoms with Crippen molar-refractivity contribution in [2.24, 2.45) is 0 Å². The van der Waals surface area contributed by atoms with Crippen molar-refractivity contribution in [1.29, 1.82) is 0 Å². The molecule has 1 amide bonds. The van der Waals surface area contributed by atoms with Gasteiger partial charge < -0.3 is 23.6 Å². The summed E-state index contributed by atoms with van der Waals surface area (Å²) in [5.74, 6) is 2.73. The number of nitrogens with zero attached hydrogens (tertiary/aromatic N) is 3. The van der Waals surface area contributed by atoms with Crippen molar-refractivity contribution in [1.82, 2.24) is 10.1 Å². The zero-order valence-electron chi connectivity index (χ0n) is 17.1. The Bertz CT molecular complexity index is 1030. The molecule has 8 nitrogen and oxygen atoms in total. The van der Waals surface area contributed by atoms with Crippen LogP contribution >= 0.6 is 0 Å². The van der Waals surface area contributed by atoms with E-state index in [4.69, 9.17) is 18.7 Å². The maximum atomic E-state index is 12.6. The second-order valence-electron chi connectivity index (χ2n) is 6.86. The molecule has 0 spiro atoms. The van der Waals surface area contributed by atoms with E-state index in [1.165, 1.54) is 0 Å². The molecule has 2 heterocycles. The van der Waals surface area contributed by atoms with Gasteiger partial charge >= 0.3 is 0 Å². The summed E-state index contributed by atoms with van der Waals surface area (Å²) < 4.78 is 21.5. The Kier molecular flexibility index (Phi) is 5.56. The van der Waals surface area contributed by atoms with Gasteiger partial charge in [-0.05, 0) is 49.4 Å². The van der Waals surface area contributed by atoms with Crippen LogP contribution in [0.5, 0.6) is 17.2 Å². The Labute approximate surface area is 174 Å². The molecular weight excluding hydrogens is 386 g/mol. The number of carbonyl (C=O) groups excluding carboxylic acids is 1. The van der Waals surface area contributed by atoms with E-state index in [1.54, 1.807) is 31.3 Å². The summed E-state index contributed by atoms with van der Waals surface area (Å²) in [5, 5.41) is 4.09. The lowest BCUT2D eigenvalue weighted by Crippen LogP contribution is -2.24. The summed E-state index contributed by atoms with van der Waals surface area (Å²) in [5.41, 5.74) is 1.57. The van der Waals surface area contributed by atoms with Gasteiger partial charge in [0.1, 0.15) is 5.75 Å². The molecule has 1 atom stereocenters. The highest BCUT2D eigenvalue weighted by Gasteiger charge is 2.35. The monoisotopic (exact) mass is 409 g/mol. The van der Waals surface area contributed by atoms with Crippen molar-refractivity contribution in [2.75, 3.05) is 32.3 Å². The highest BCUT2D eigenvalue weighted by atomic mass is 16.5. The van der Waals surface area contributed by atoms with E-state index in [2.05, 4.69) is 10.1 Å². The van der Waals surface area contributed by atoms with E-state index in [1.807, 2.05) is 37.3 Å².